The van der Waals surface area contributed by atoms with Gasteiger partial charge >= 0.3 is 0 Å². The standard InChI is InChI=1S/C19H24N4O2/c1-14-6-3-8-17(12-14)25-15(2)19(24)20-13-16-7-5-11-23(16)18-9-4-10-21-22-18/h3-4,6,8-10,12,15-16H,5,7,11,13H2,1-2H3,(H,20,24)/t15-,16+/m0/s1. The number of benzene rings is 1. The van der Waals surface area contributed by atoms with Crippen LogP contribution in [0.15, 0.2) is 42.6 Å². The molecule has 3 rings (SSSR count). The molecule has 1 amide bonds. The third-order valence-electron chi connectivity index (χ3n) is 4.41. The maximum Gasteiger partial charge on any atom is 0.260 e. The molecule has 1 N–H and O–H groups in total. The lowest BCUT2D eigenvalue weighted by molar-refractivity contribution is -0.127. The van der Waals surface area contributed by atoms with Crippen molar-refractivity contribution < 1.29 is 9.53 Å². The number of ether oxygens (including phenoxy) is 1. The van der Waals surface area contributed by atoms with Crippen molar-refractivity contribution in [3.8, 4) is 5.75 Å². The predicted octanol–water partition coefficient (Wildman–Crippen LogP) is 2.34. The number of anilines is 1. The van der Waals surface area contributed by atoms with Crippen molar-refractivity contribution in [1.82, 2.24) is 15.5 Å². The van der Waals surface area contributed by atoms with Gasteiger partial charge in [-0.05, 0) is 56.5 Å². The van der Waals surface area contributed by atoms with Gasteiger partial charge in [-0.3, -0.25) is 4.79 Å². The van der Waals surface area contributed by atoms with Crippen LogP contribution in [0.1, 0.15) is 25.3 Å². The highest BCUT2D eigenvalue weighted by Gasteiger charge is 2.27. The minimum absolute atomic E-state index is 0.104. The zero-order valence-corrected chi connectivity index (χ0v) is 14.7. The summed E-state index contributed by atoms with van der Waals surface area (Å²) in [5.74, 6) is 1.47. The summed E-state index contributed by atoms with van der Waals surface area (Å²) in [7, 11) is 0. The Morgan fingerprint density at radius 2 is 2.28 bits per heavy atom. The van der Waals surface area contributed by atoms with Gasteiger partial charge in [0.25, 0.3) is 5.91 Å². The third-order valence-corrected chi connectivity index (χ3v) is 4.41. The van der Waals surface area contributed by atoms with Crippen LogP contribution in [-0.4, -0.2) is 41.3 Å². The fourth-order valence-electron chi connectivity index (χ4n) is 3.10. The van der Waals surface area contributed by atoms with Crippen LogP contribution in [-0.2, 0) is 4.79 Å². The van der Waals surface area contributed by atoms with Gasteiger partial charge in [-0.1, -0.05) is 12.1 Å². The molecule has 0 unspecified atom stereocenters. The number of nitrogens with one attached hydrogen (secondary N) is 1. The number of hydrogen-bond acceptors (Lipinski definition) is 5. The van der Waals surface area contributed by atoms with Crippen LogP contribution in [0.5, 0.6) is 5.75 Å². The van der Waals surface area contributed by atoms with E-state index in [4.69, 9.17) is 4.74 Å². The van der Waals surface area contributed by atoms with E-state index in [0.29, 0.717) is 12.3 Å². The molecule has 0 saturated carbocycles. The minimum Gasteiger partial charge on any atom is -0.481 e. The molecule has 0 radical (unpaired) electrons. The molecule has 2 aromatic rings. The van der Waals surface area contributed by atoms with Gasteiger partial charge in [-0.25, -0.2) is 0 Å². The van der Waals surface area contributed by atoms with Crippen LogP contribution in [0.4, 0.5) is 5.82 Å². The minimum atomic E-state index is -0.534. The van der Waals surface area contributed by atoms with E-state index in [2.05, 4.69) is 20.4 Å². The number of hydrogen-bond donors (Lipinski definition) is 1. The Morgan fingerprint density at radius 3 is 3.04 bits per heavy atom. The Bertz CT molecular complexity index is 708. The molecule has 2 heterocycles. The van der Waals surface area contributed by atoms with E-state index in [1.165, 1.54) is 0 Å². The number of aryl methyl sites for hydroxylation is 1. The summed E-state index contributed by atoms with van der Waals surface area (Å²) in [4.78, 5) is 14.6. The number of nitrogens with zero attached hydrogens (tertiary/aromatic N) is 3. The average Bonchev–Trinajstić information content (AvgIpc) is 3.09. The largest absolute Gasteiger partial charge is 0.481 e. The zero-order chi connectivity index (χ0) is 17.6. The molecule has 6 nitrogen and oxygen atoms in total. The van der Waals surface area contributed by atoms with Crippen molar-refractivity contribution in [3.05, 3.63) is 48.2 Å². The van der Waals surface area contributed by atoms with Crippen molar-refractivity contribution in [3.63, 3.8) is 0 Å². The summed E-state index contributed by atoms with van der Waals surface area (Å²) >= 11 is 0. The Kier molecular flexibility index (Phi) is 5.48. The lowest BCUT2D eigenvalue weighted by Crippen LogP contribution is -2.44. The fourth-order valence-corrected chi connectivity index (χ4v) is 3.10. The topological polar surface area (TPSA) is 67.3 Å². The number of amides is 1. The Labute approximate surface area is 148 Å². The second-order valence-electron chi connectivity index (χ2n) is 6.39. The van der Waals surface area contributed by atoms with Gasteiger partial charge in [-0.2, -0.15) is 5.10 Å². The number of aromatic nitrogens is 2. The maximum absolute atomic E-state index is 12.3. The first-order valence-electron chi connectivity index (χ1n) is 8.69. The van der Waals surface area contributed by atoms with E-state index in [1.807, 2.05) is 43.3 Å². The summed E-state index contributed by atoms with van der Waals surface area (Å²) in [6.07, 6.45) is 3.25. The molecule has 1 fully saturated rings. The van der Waals surface area contributed by atoms with Gasteiger partial charge in [0.2, 0.25) is 0 Å². The molecular formula is C19H24N4O2. The normalized spacial score (nSPS) is 18.0. The van der Waals surface area contributed by atoms with Gasteiger partial charge in [0.15, 0.2) is 11.9 Å². The summed E-state index contributed by atoms with van der Waals surface area (Å²) < 4.78 is 5.74. The Morgan fingerprint density at radius 1 is 1.40 bits per heavy atom. The van der Waals surface area contributed by atoms with E-state index < -0.39 is 6.10 Å². The molecule has 0 aliphatic carbocycles. The number of rotatable bonds is 6. The van der Waals surface area contributed by atoms with Gasteiger partial charge in [-0.15, -0.1) is 5.10 Å². The summed E-state index contributed by atoms with van der Waals surface area (Å²) in [5, 5.41) is 11.1. The molecule has 0 bridgehead atoms. The van der Waals surface area contributed by atoms with Crippen LogP contribution in [0.2, 0.25) is 0 Å². The van der Waals surface area contributed by atoms with Gasteiger partial charge in [0.1, 0.15) is 5.75 Å². The molecular weight excluding hydrogens is 316 g/mol. The molecule has 1 aliphatic rings. The first-order valence-corrected chi connectivity index (χ1v) is 8.69. The van der Waals surface area contributed by atoms with E-state index in [0.717, 1.165) is 30.8 Å². The van der Waals surface area contributed by atoms with Crippen molar-refractivity contribution in [1.29, 1.82) is 0 Å². The molecule has 132 valence electrons. The number of carbonyl (C=O) groups is 1. The summed E-state index contributed by atoms with van der Waals surface area (Å²) in [6, 6.07) is 11.8. The highest BCUT2D eigenvalue weighted by molar-refractivity contribution is 5.80. The van der Waals surface area contributed by atoms with E-state index in [-0.39, 0.29) is 11.9 Å². The number of carbonyl (C=O) groups excluding carboxylic acids is 1. The molecule has 2 atom stereocenters. The molecule has 6 heteroatoms. The zero-order valence-electron chi connectivity index (χ0n) is 14.7. The van der Waals surface area contributed by atoms with Crippen molar-refractivity contribution >= 4 is 11.7 Å². The SMILES string of the molecule is Cc1cccc(O[C@@H](C)C(=O)NC[C@H]2CCCN2c2cccnn2)c1. The van der Waals surface area contributed by atoms with Crippen molar-refractivity contribution in [2.45, 2.75) is 38.8 Å². The second kappa shape index (κ2) is 7.96. The average molecular weight is 340 g/mol. The lowest BCUT2D eigenvalue weighted by Gasteiger charge is -2.26. The second-order valence-corrected chi connectivity index (χ2v) is 6.39. The van der Waals surface area contributed by atoms with Crippen molar-refractivity contribution in [2.75, 3.05) is 18.0 Å². The van der Waals surface area contributed by atoms with Crippen LogP contribution >= 0.6 is 0 Å². The fraction of sp³-hybridized carbons (Fsp3) is 0.421. The highest BCUT2D eigenvalue weighted by atomic mass is 16.5. The molecule has 1 aromatic carbocycles. The predicted molar refractivity (Wildman–Crippen MR) is 96.7 cm³/mol. The first kappa shape index (κ1) is 17.2. The van der Waals surface area contributed by atoms with Gasteiger partial charge in [0, 0.05) is 25.3 Å². The van der Waals surface area contributed by atoms with Crippen LogP contribution in [0, 0.1) is 6.92 Å². The molecule has 1 aliphatic heterocycles. The van der Waals surface area contributed by atoms with Crippen LogP contribution < -0.4 is 15.0 Å². The molecule has 0 spiro atoms. The van der Waals surface area contributed by atoms with Gasteiger partial charge < -0.3 is 15.0 Å². The molecule has 1 aromatic heterocycles. The summed E-state index contributed by atoms with van der Waals surface area (Å²) in [6.45, 7) is 5.29. The molecule has 25 heavy (non-hydrogen) atoms. The monoisotopic (exact) mass is 340 g/mol. The van der Waals surface area contributed by atoms with E-state index >= 15 is 0 Å². The van der Waals surface area contributed by atoms with Crippen molar-refractivity contribution in [2.24, 2.45) is 0 Å². The van der Waals surface area contributed by atoms with E-state index in [9.17, 15) is 4.79 Å². The smallest absolute Gasteiger partial charge is 0.260 e. The van der Waals surface area contributed by atoms with Gasteiger partial charge in [0.05, 0.1) is 0 Å². The highest BCUT2D eigenvalue weighted by Crippen LogP contribution is 2.22. The Balaban J connectivity index is 1.53. The Hall–Kier alpha value is -2.63. The first-order chi connectivity index (χ1) is 12.1. The maximum atomic E-state index is 12.3. The lowest BCUT2D eigenvalue weighted by atomic mass is 10.2. The van der Waals surface area contributed by atoms with Crippen LogP contribution in [0.25, 0.3) is 0 Å². The quantitative estimate of drug-likeness (QED) is 0.874. The molecule has 1 saturated heterocycles. The van der Waals surface area contributed by atoms with Crippen LogP contribution in [0.3, 0.4) is 0 Å². The summed E-state index contributed by atoms with van der Waals surface area (Å²) in [5.41, 5.74) is 1.11. The van der Waals surface area contributed by atoms with E-state index in [1.54, 1.807) is 13.1 Å². The third kappa shape index (κ3) is 4.47.